The second-order valence-electron chi connectivity index (χ2n) is 7.74. The fraction of sp³-hybridized carbons (Fsp3) is 0.125. The minimum atomic E-state index is -2.69. The van der Waals surface area contributed by atoms with Crippen LogP contribution in [0.2, 0.25) is 10.0 Å². The number of benzene rings is 3. The number of carbonyl (C=O) groups is 1. The molecule has 3 aromatic carbocycles. The zero-order valence-electron chi connectivity index (χ0n) is 18.7. The fourth-order valence-electron chi connectivity index (χ4n) is 3.60. The minimum absolute atomic E-state index is 0.0330. The highest BCUT2D eigenvalue weighted by atomic mass is 35.5. The first kappa shape index (κ1) is 26.2. The van der Waals surface area contributed by atoms with Crippen molar-refractivity contribution in [2.24, 2.45) is 0 Å². The molecular weight excluding hydrogens is 546 g/mol. The van der Waals surface area contributed by atoms with Gasteiger partial charge in [-0.05, 0) is 48.4 Å². The van der Waals surface area contributed by atoms with Crippen molar-refractivity contribution in [3.63, 3.8) is 0 Å². The van der Waals surface area contributed by atoms with Crippen molar-refractivity contribution in [1.82, 2.24) is 14.1 Å². The number of hydrogen-bond donors (Lipinski definition) is 2. The summed E-state index contributed by atoms with van der Waals surface area (Å²) < 4.78 is 46.4. The Bertz CT molecular complexity index is 1420. The maximum atomic E-state index is 14.3. The van der Waals surface area contributed by atoms with E-state index in [0.717, 1.165) is 33.7 Å². The maximum absolute atomic E-state index is 14.3. The SMILES string of the molecule is CC(NC(=O)c1ccc(F)cc1N(c1nsnc1Cc1ccccc1)S(=O)O)c1ccc(Cl)cc1Cl. The summed E-state index contributed by atoms with van der Waals surface area (Å²) >= 11 is 10.4. The first-order valence-corrected chi connectivity index (χ1v) is 13.1. The van der Waals surface area contributed by atoms with E-state index in [4.69, 9.17) is 23.2 Å². The van der Waals surface area contributed by atoms with Crippen molar-refractivity contribution in [3.8, 4) is 0 Å². The molecule has 1 heterocycles. The van der Waals surface area contributed by atoms with E-state index < -0.39 is 29.0 Å². The van der Waals surface area contributed by atoms with Gasteiger partial charge in [0, 0.05) is 16.5 Å². The van der Waals surface area contributed by atoms with Gasteiger partial charge in [-0.3, -0.25) is 9.35 Å². The van der Waals surface area contributed by atoms with Crippen LogP contribution < -0.4 is 9.62 Å². The van der Waals surface area contributed by atoms with Crippen molar-refractivity contribution >= 4 is 63.6 Å². The van der Waals surface area contributed by atoms with E-state index in [1.165, 1.54) is 6.07 Å². The summed E-state index contributed by atoms with van der Waals surface area (Å²) in [5, 5.41) is 3.62. The highest BCUT2D eigenvalue weighted by Crippen LogP contribution is 2.34. The number of amides is 1. The zero-order valence-corrected chi connectivity index (χ0v) is 21.8. The summed E-state index contributed by atoms with van der Waals surface area (Å²) in [6, 6.07) is 17.1. The molecule has 4 rings (SSSR count). The van der Waals surface area contributed by atoms with E-state index in [0.29, 0.717) is 27.7 Å². The van der Waals surface area contributed by atoms with Gasteiger partial charge in [0.05, 0.1) is 29.0 Å². The van der Waals surface area contributed by atoms with E-state index in [9.17, 15) is 17.9 Å². The smallest absolute Gasteiger partial charge is 0.268 e. The van der Waals surface area contributed by atoms with Gasteiger partial charge < -0.3 is 5.32 Å². The molecule has 0 radical (unpaired) electrons. The van der Waals surface area contributed by atoms with Crippen molar-refractivity contribution in [2.45, 2.75) is 19.4 Å². The molecule has 4 aromatic rings. The molecule has 0 aliphatic rings. The number of halogens is 3. The average molecular weight is 565 g/mol. The second-order valence-corrected chi connectivity index (χ2v) is 9.94. The molecule has 186 valence electrons. The van der Waals surface area contributed by atoms with Crippen molar-refractivity contribution in [3.05, 3.63) is 105 Å². The summed E-state index contributed by atoms with van der Waals surface area (Å²) in [5.41, 5.74) is 1.76. The van der Waals surface area contributed by atoms with Gasteiger partial charge in [0.15, 0.2) is 5.82 Å². The third-order valence-electron chi connectivity index (χ3n) is 5.30. The minimum Gasteiger partial charge on any atom is -0.345 e. The van der Waals surface area contributed by atoms with E-state index in [2.05, 4.69) is 14.1 Å². The number of nitrogens with zero attached hydrogens (tertiary/aromatic N) is 3. The summed E-state index contributed by atoms with van der Waals surface area (Å²) in [5.74, 6) is -1.25. The number of anilines is 2. The monoisotopic (exact) mass is 564 g/mol. The van der Waals surface area contributed by atoms with Gasteiger partial charge in [0.2, 0.25) is 0 Å². The predicted octanol–water partition coefficient (Wildman–Crippen LogP) is 6.34. The normalized spacial score (nSPS) is 12.7. The van der Waals surface area contributed by atoms with Crippen LogP contribution in [0.1, 0.15) is 40.1 Å². The molecular formula is C24H19Cl2FN4O3S2. The molecule has 12 heteroatoms. The Hall–Kier alpha value is -2.89. The number of nitrogens with one attached hydrogen (secondary N) is 1. The van der Waals surface area contributed by atoms with Gasteiger partial charge in [0.25, 0.3) is 17.2 Å². The lowest BCUT2D eigenvalue weighted by Crippen LogP contribution is -2.30. The van der Waals surface area contributed by atoms with E-state index in [-0.39, 0.29) is 17.1 Å². The Balaban J connectivity index is 1.70. The maximum Gasteiger partial charge on any atom is 0.268 e. The third kappa shape index (κ3) is 5.91. The first-order valence-electron chi connectivity index (χ1n) is 10.6. The fourth-order valence-corrected chi connectivity index (χ4v) is 5.39. The summed E-state index contributed by atoms with van der Waals surface area (Å²) in [4.78, 5) is 13.3. The van der Waals surface area contributed by atoms with Crippen LogP contribution in [0.15, 0.2) is 66.7 Å². The Kier molecular flexibility index (Phi) is 8.32. The van der Waals surface area contributed by atoms with Crippen LogP contribution in [0.4, 0.5) is 15.9 Å². The van der Waals surface area contributed by atoms with Gasteiger partial charge in [-0.1, -0.05) is 59.6 Å². The van der Waals surface area contributed by atoms with E-state index in [1.807, 2.05) is 30.3 Å². The number of hydrogen-bond acceptors (Lipinski definition) is 5. The van der Waals surface area contributed by atoms with Gasteiger partial charge in [-0.25, -0.2) is 12.9 Å². The Labute approximate surface area is 223 Å². The Morgan fingerprint density at radius 3 is 2.58 bits per heavy atom. The third-order valence-corrected chi connectivity index (χ3v) is 7.10. The molecule has 1 aromatic heterocycles. The van der Waals surface area contributed by atoms with Gasteiger partial charge >= 0.3 is 0 Å². The van der Waals surface area contributed by atoms with E-state index in [1.54, 1.807) is 25.1 Å². The molecule has 0 spiro atoms. The first-order chi connectivity index (χ1) is 17.2. The highest BCUT2D eigenvalue weighted by molar-refractivity contribution is 7.81. The quantitative estimate of drug-likeness (QED) is 0.243. The molecule has 0 saturated carbocycles. The van der Waals surface area contributed by atoms with Crippen LogP contribution in [0, 0.1) is 5.82 Å². The molecule has 0 fully saturated rings. The largest absolute Gasteiger partial charge is 0.345 e. The summed E-state index contributed by atoms with van der Waals surface area (Å²) in [6.45, 7) is 1.72. The molecule has 2 atom stereocenters. The summed E-state index contributed by atoms with van der Waals surface area (Å²) in [6.07, 6.45) is 0.323. The van der Waals surface area contributed by atoms with E-state index >= 15 is 0 Å². The van der Waals surface area contributed by atoms with Gasteiger partial charge in [0.1, 0.15) is 11.5 Å². The molecule has 2 N–H and O–H groups in total. The van der Waals surface area contributed by atoms with Crippen LogP contribution in [0.3, 0.4) is 0 Å². The van der Waals surface area contributed by atoms with Crippen molar-refractivity contribution in [1.29, 1.82) is 0 Å². The Morgan fingerprint density at radius 1 is 1.14 bits per heavy atom. The van der Waals surface area contributed by atoms with Gasteiger partial charge in [-0.2, -0.15) is 8.75 Å². The lowest BCUT2D eigenvalue weighted by atomic mass is 10.1. The molecule has 0 bridgehead atoms. The van der Waals surface area contributed by atoms with Crippen LogP contribution in [-0.4, -0.2) is 23.4 Å². The molecule has 0 saturated heterocycles. The van der Waals surface area contributed by atoms with Crippen LogP contribution in [0.5, 0.6) is 0 Å². The summed E-state index contributed by atoms with van der Waals surface area (Å²) in [7, 11) is 0. The topological polar surface area (TPSA) is 95.4 Å². The zero-order chi connectivity index (χ0) is 25.8. The van der Waals surface area contributed by atoms with Crippen molar-refractivity contribution < 1.29 is 17.9 Å². The highest BCUT2D eigenvalue weighted by Gasteiger charge is 2.28. The average Bonchev–Trinajstić information content (AvgIpc) is 3.27. The standard InChI is InChI=1S/C24H19Cl2FN4O3S2/c1-14(18-9-7-16(25)12-20(18)26)28-24(32)19-10-8-17(27)13-22(19)31(36(33)34)23-21(29-35-30-23)11-15-5-3-2-4-6-15/h2-10,12-14H,11H2,1H3,(H,28,32)(H,33,34). The molecule has 0 aliphatic carbocycles. The molecule has 1 amide bonds. The van der Waals surface area contributed by atoms with Crippen LogP contribution in [-0.2, 0) is 17.7 Å². The molecule has 7 nitrogen and oxygen atoms in total. The number of rotatable bonds is 8. The van der Waals surface area contributed by atoms with Crippen LogP contribution in [0.25, 0.3) is 0 Å². The molecule has 0 aliphatic heterocycles. The predicted molar refractivity (Wildman–Crippen MR) is 141 cm³/mol. The number of carbonyl (C=O) groups excluding carboxylic acids is 1. The van der Waals surface area contributed by atoms with Crippen molar-refractivity contribution in [2.75, 3.05) is 4.31 Å². The lowest BCUT2D eigenvalue weighted by Gasteiger charge is -2.22. The second kappa shape index (κ2) is 11.4. The lowest BCUT2D eigenvalue weighted by molar-refractivity contribution is 0.0940. The van der Waals surface area contributed by atoms with Crippen LogP contribution >= 0.6 is 34.9 Å². The molecule has 36 heavy (non-hydrogen) atoms. The Morgan fingerprint density at radius 2 is 1.89 bits per heavy atom. The number of aromatic nitrogens is 2. The molecule has 2 unspecified atom stereocenters. The van der Waals surface area contributed by atoms with Gasteiger partial charge in [-0.15, -0.1) is 0 Å².